The summed E-state index contributed by atoms with van der Waals surface area (Å²) in [6.07, 6.45) is 6.58. The third-order valence-corrected chi connectivity index (χ3v) is 5.26. The van der Waals surface area contributed by atoms with E-state index in [1.807, 2.05) is 6.26 Å². The number of hydrogen-bond acceptors (Lipinski definition) is 5. The minimum atomic E-state index is -0.308. The summed E-state index contributed by atoms with van der Waals surface area (Å²) in [4.78, 5) is 25.4. The van der Waals surface area contributed by atoms with Gasteiger partial charge in [-0.2, -0.15) is 11.8 Å². The molecule has 1 N–H and O–H groups in total. The fraction of sp³-hybridized carbons (Fsp3) is 0.600. The first-order valence-electron chi connectivity index (χ1n) is 7.27. The van der Waals surface area contributed by atoms with E-state index in [9.17, 15) is 9.59 Å². The summed E-state index contributed by atoms with van der Waals surface area (Å²) in [7, 11) is 0. The van der Waals surface area contributed by atoms with Crippen molar-refractivity contribution < 1.29 is 14.3 Å². The molecular formula is C15H21NO3S2. The van der Waals surface area contributed by atoms with Gasteiger partial charge in [-0.1, -0.05) is 0 Å². The summed E-state index contributed by atoms with van der Waals surface area (Å²) in [5.41, 5.74) is 1.68. The molecule has 0 aromatic carbocycles. The molecule has 21 heavy (non-hydrogen) atoms. The second kappa shape index (κ2) is 7.84. The first-order chi connectivity index (χ1) is 10.2. The number of esters is 1. The minimum absolute atomic E-state index is 0.0338. The fourth-order valence-electron chi connectivity index (χ4n) is 2.46. The maximum absolute atomic E-state index is 12.2. The summed E-state index contributed by atoms with van der Waals surface area (Å²) in [6, 6.07) is 0. The lowest BCUT2D eigenvalue weighted by Gasteiger charge is -2.12. The molecule has 0 saturated heterocycles. The van der Waals surface area contributed by atoms with Crippen LogP contribution in [0.2, 0.25) is 0 Å². The first kappa shape index (κ1) is 16.4. The topological polar surface area (TPSA) is 55.4 Å². The molecule has 2 rings (SSSR count). The van der Waals surface area contributed by atoms with Crippen molar-refractivity contribution in [1.82, 2.24) is 0 Å². The molecule has 1 aromatic heterocycles. The van der Waals surface area contributed by atoms with E-state index >= 15 is 0 Å². The highest BCUT2D eigenvalue weighted by atomic mass is 32.2. The number of rotatable bonds is 6. The van der Waals surface area contributed by atoms with Gasteiger partial charge < -0.3 is 10.1 Å². The predicted octanol–water partition coefficient (Wildman–Crippen LogP) is 3.50. The Labute approximate surface area is 133 Å². The molecule has 0 unspecified atom stereocenters. The van der Waals surface area contributed by atoms with Gasteiger partial charge in [-0.3, -0.25) is 4.79 Å². The molecule has 1 aliphatic carbocycles. The summed E-state index contributed by atoms with van der Waals surface area (Å²) in [5, 5.41) is 3.58. The van der Waals surface area contributed by atoms with Crippen LogP contribution in [-0.4, -0.2) is 30.5 Å². The number of amides is 1. The number of nitrogens with one attached hydrogen (secondary N) is 1. The zero-order chi connectivity index (χ0) is 15.2. The zero-order valence-electron chi connectivity index (χ0n) is 12.5. The molecule has 0 aliphatic heterocycles. The second-order valence-corrected chi connectivity index (χ2v) is 7.02. The lowest BCUT2D eigenvalue weighted by Crippen LogP contribution is -2.16. The first-order valence-corrected chi connectivity index (χ1v) is 9.48. The SMILES string of the molecule is CCOC(=O)c1c(NC(=O)CCSC)sc2c1CCCC2. The van der Waals surface area contributed by atoms with Crippen LogP contribution in [-0.2, 0) is 22.4 Å². The van der Waals surface area contributed by atoms with E-state index in [2.05, 4.69) is 5.32 Å². The van der Waals surface area contributed by atoms with Gasteiger partial charge in [0, 0.05) is 17.1 Å². The number of aryl methyl sites for hydroxylation is 1. The Balaban J connectivity index is 2.24. The Morgan fingerprint density at radius 1 is 1.33 bits per heavy atom. The summed E-state index contributed by atoms with van der Waals surface area (Å²) < 4.78 is 5.17. The van der Waals surface area contributed by atoms with Crippen molar-refractivity contribution in [2.75, 3.05) is 23.9 Å². The molecule has 0 radical (unpaired) electrons. The maximum atomic E-state index is 12.2. The molecule has 0 bridgehead atoms. The summed E-state index contributed by atoms with van der Waals surface area (Å²) in [6.45, 7) is 2.15. The molecule has 6 heteroatoms. The van der Waals surface area contributed by atoms with Crippen LogP contribution in [0.4, 0.5) is 5.00 Å². The number of anilines is 1. The van der Waals surface area contributed by atoms with E-state index in [1.54, 1.807) is 18.7 Å². The summed E-state index contributed by atoms with van der Waals surface area (Å²) in [5.74, 6) is 0.441. The van der Waals surface area contributed by atoms with Gasteiger partial charge in [0.1, 0.15) is 5.00 Å². The highest BCUT2D eigenvalue weighted by Crippen LogP contribution is 2.38. The number of carbonyl (C=O) groups is 2. The van der Waals surface area contributed by atoms with Crippen molar-refractivity contribution in [3.05, 3.63) is 16.0 Å². The van der Waals surface area contributed by atoms with E-state index in [4.69, 9.17) is 4.74 Å². The predicted molar refractivity (Wildman–Crippen MR) is 88.5 cm³/mol. The van der Waals surface area contributed by atoms with E-state index in [1.165, 1.54) is 16.2 Å². The van der Waals surface area contributed by atoms with Crippen LogP contribution in [0.25, 0.3) is 0 Å². The number of fused-ring (bicyclic) bond motifs is 1. The Hall–Kier alpha value is -1.01. The smallest absolute Gasteiger partial charge is 0.341 e. The van der Waals surface area contributed by atoms with Gasteiger partial charge in [0.2, 0.25) is 5.91 Å². The molecule has 0 saturated carbocycles. The molecule has 1 heterocycles. The van der Waals surface area contributed by atoms with Gasteiger partial charge in [-0.25, -0.2) is 4.79 Å². The molecule has 1 aliphatic rings. The number of carbonyl (C=O) groups excluding carboxylic acids is 2. The normalized spacial score (nSPS) is 13.6. The van der Waals surface area contributed by atoms with E-state index < -0.39 is 0 Å². The van der Waals surface area contributed by atoms with E-state index in [-0.39, 0.29) is 11.9 Å². The molecule has 0 fully saturated rings. The quantitative estimate of drug-likeness (QED) is 0.813. The Bertz CT molecular complexity index is 525. The van der Waals surface area contributed by atoms with E-state index in [0.717, 1.165) is 37.0 Å². The lowest BCUT2D eigenvalue weighted by atomic mass is 9.95. The van der Waals surface area contributed by atoms with E-state index in [0.29, 0.717) is 23.6 Å². The number of hydrogen-bond donors (Lipinski definition) is 1. The highest BCUT2D eigenvalue weighted by Gasteiger charge is 2.27. The Kier molecular flexibility index (Phi) is 6.11. The Morgan fingerprint density at radius 3 is 2.81 bits per heavy atom. The number of ether oxygens (including phenoxy) is 1. The maximum Gasteiger partial charge on any atom is 0.341 e. The molecule has 4 nitrogen and oxygen atoms in total. The van der Waals surface area contributed by atoms with Gasteiger partial charge in [-0.05, 0) is 44.4 Å². The minimum Gasteiger partial charge on any atom is -0.462 e. The lowest BCUT2D eigenvalue weighted by molar-refractivity contribution is -0.115. The number of thioether (sulfide) groups is 1. The standard InChI is InChI=1S/C15H21NO3S2/c1-3-19-15(18)13-10-6-4-5-7-11(10)21-14(13)16-12(17)8-9-20-2/h3-9H2,1-2H3,(H,16,17). The average molecular weight is 327 g/mol. The monoisotopic (exact) mass is 327 g/mol. The van der Waals surface area contributed by atoms with Crippen LogP contribution in [0.1, 0.15) is 47.0 Å². The molecule has 0 spiro atoms. The van der Waals surface area contributed by atoms with Crippen LogP contribution >= 0.6 is 23.1 Å². The van der Waals surface area contributed by atoms with Crippen molar-refractivity contribution in [2.45, 2.75) is 39.0 Å². The van der Waals surface area contributed by atoms with Crippen LogP contribution < -0.4 is 5.32 Å². The van der Waals surface area contributed by atoms with Crippen LogP contribution in [0, 0.1) is 0 Å². The molecule has 1 amide bonds. The summed E-state index contributed by atoms with van der Waals surface area (Å²) >= 11 is 3.18. The van der Waals surface area contributed by atoms with Crippen molar-refractivity contribution in [3.63, 3.8) is 0 Å². The van der Waals surface area contributed by atoms with Crippen molar-refractivity contribution in [2.24, 2.45) is 0 Å². The van der Waals surface area contributed by atoms with Crippen molar-refractivity contribution in [1.29, 1.82) is 0 Å². The van der Waals surface area contributed by atoms with Crippen molar-refractivity contribution in [3.8, 4) is 0 Å². The third kappa shape index (κ3) is 4.01. The third-order valence-electron chi connectivity index (χ3n) is 3.44. The van der Waals surface area contributed by atoms with Gasteiger partial charge in [0.25, 0.3) is 0 Å². The van der Waals surface area contributed by atoms with Gasteiger partial charge >= 0.3 is 5.97 Å². The van der Waals surface area contributed by atoms with Gasteiger partial charge in [0.05, 0.1) is 12.2 Å². The fourth-order valence-corrected chi connectivity index (χ4v) is 4.14. The largest absolute Gasteiger partial charge is 0.462 e. The van der Waals surface area contributed by atoms with Crippen molar-refractivity contribution >= 4 is 40.0 Å². The number of thiophene rings is 1. The molecule has 116 valence electrons. The van der Waals surface area contributed by atoms with Crippen LogP contribution in [0.5, 0.6) is 0 Å². The second-order valence-electron chi connectivity index (χ2n) is 4.93. The molecule has 1 aromatic rings. The van der Waals surface area contributed by atoms with Gasteiger partial charge in [-0.15, -0.1) is 11.3 Å². The van der Waals surface area contributed by atoms with Gasteiger partial charge in [0.15, 0.2) is 0 Å². The zero-order valence-corrected chi connectivity index (χ0v) is 14.1. The molecular weight excluding hydrogens is 306 g/mol. The Morgan fingerprint density at radius 2 is 2.10 bits per heavy atom. The highest BCUT2D eigenvalue weighted by molar-refractivity contribution is 7.98. The average Bonchev–Trinajstić information content (AvgIpc) is 2.83. The van der Waals surface area contributed by atoms with Crippen LogP contribution in [0.15, 0.2) is 0 Å². The molecule has 0 atom stereocenters. The van der Waals surface area contributed by atoms with Crippen LogP contribution in [0.3, 0.4) is 0 Å².